The van der Waals surface area contributed by atoms with Crippen molar-refractivity contribution in [2.45, 2.75) is 19.3 Å². The van der Waals surface area contributed by atoms with E-state index in [0.717, 1.165) is 39.1 Å². The van der Waals surface area contributed by atoms with Crippen molar-refractivity contribution < 1.29 is 0 Å². The lowest BCUT2D eigenvalue weighted by Gasteiger charge is -2.22. The maximum Gasteiger partial charge on any atom is 0.160 e. The number of rotatable bonds is 5. The SMILES string of the molecule is CC1(C)c2ccccc2-c2ccc3c(c21)c1cc(-c2ccc(-c4nc(-c5ccc(-c6ccccc6)cc5)c5ccccc5n4)cc2)ccc1n3-c1ccccc1. The summed E-state index contributed by atoms with van der Waals surface area (Å²) >= 11 is 0. The number of para-hydroxylation sites is 2. The Bertz CT molecular complexity index is 3120. The van der Waals surface area contributed by atoms with Crippen LogP contribution in [-0.2, 0) is 5.41 Å². The van der Waals surface area contributed by atoms with Gasteiger partial charge in [-0.3, -0.25) is 0 Å². The molecule has 0 aliphatic heterocycles. The molecule has 11 rings (SSSR count). The summed E-state index contributed by atoms with van der Waals surface area (Å²) in [7, 11) is 0. The average molecular weight is 716 g/mol. The van der Waals surface area contributed by atoms with Crippen LogP contribution in [0.4, 0.5) is 0 Å². The first-order valence-corrected chi connectivity index (χ1v) is 19.3. The Labute approximate surface area is 326 Å². The van der Waals surface area contributed by atoms with Gasteiger partial charge in [0.05, 0.1) is 22.2 Å². The van der Waals surface area contributed by atoms with Crippen LogP contribution in [-0.4, -0.2) is 14.5 Å². The van der Waals surface area contributed by atoms with Crippen LogP contribution < -0.4 is 0 Å². The maximum absolute atomic E-state index is 5.20. The van der Waals surface area contributed by atoms with Crippen molar-refractivity contribution in [1.82, 2.24) is 14.5 Å². The van der Waals surface area contributed by atoms with E-state index in [1.165, 1.54) is 66.4 Å². The molecule has 264 valence electrons. The van der Waals surface area contributed by atoms with Crippen molar-refractivity contribution >= 4 is 32.7 Å². The molecule has 0 fully saturated rings. The van der Waals surface area contributed by atoms with Gasteiger partial charge in [0.1, 0.15) is 0 Å². The number of hydrogen-bond donors (Lipinski definition) is 0. The van der Waals surface area contributed by atoms with Gasteiger partial charge < -0.3 is 4.57 Å². The van der Waals surface area contributed by atoms with Crippen LogP contribution in [0.15, 0.2) is 188 Å². The van der Waals surface area contributed by atoms with Crippen molar-refractivity contribution in [1.29, 1.82) is 0 Å². The fourth-order valence-electron chi connectivity index (χ4n) is 9.11. The molecule has 2 aromatic heterocycles. The van der Waals surface area contributed by atoms with Gasteiger partial charge in [-0.05, 0) is 80.9 Å². The molecule has 8 aromatic carbocycles. The molecule has 0 bridgehead atoms. The second-order valence-electron chi connectivity index (χ2n) is 15.4. The third-order valence-corrected chi connectivity index (χ3v) is 11.8. The van der Waals surface area contributed by atoms with E-state index in [2.05, 4.69) is 194 Å². The van der Waals surface area contributed by atoms with E-state index in [4.69, 9.17) is 9.97 Å². The van der Waals surface area contributed by atoms with E-state index in [0.29, 0.717) is 0 Å². The van der Waals surface area contributed by atoms with Gasteiger partial charge >= 0.3 is 0 Å². The standard InChI is InChI=1S/C53H37N3/c1-53(2)45-19-11-9-17-41(45)42-30-32-48-49(50(42)53)44-33-39(29-31-47(44)56(48)40-15-7-4-8-16-40)36-23-27-38(28-24-36)52-54-46-20-12-10-18-43(46)51(55-52)37-25-21-35(22-26-37)34-13-5-3-6-14-34/h3-33H,1-2H3. The molecule has 0 saturated heterocycles. The molecule has 0 N–H and O–H groups in total. The highest BCUT2D eigenvalue weighted by Gasteiger charge is 2.38. The Balaban J connectivity index is 1.03. The summed E-state index contributed by atoms with van der Waals surface area (Å²) in [5, 5.41) is 3.64. The van der Waals surface area contributed by atoms with Crippen molar-refractivity contribution in [2.75, 3.05) is 0 Å². The van der Waals surface area contributed by atoms with Crippen LogP contribution in [0.3, 0.4) is 0 Å². The molecule has 1 aliphatic rings. The van der Waals surface area contributed by atoms with E-state index in [1.54, 1.807) is 0 Å². The zero-order chi connectivity index (χ0) is 37.4. The Hall–Kier alpha value is -7.10. The normalized spacial score (nSPS) is 13.0. The lowest BCUT2D eigenvalue weighted by Crippen LogP contribution is -2.15. The van der Waals surface area contributed by atoms with Gasteiger partial charge in [0, 0.05) is 38.4 Å². The molecular formula is C53H37N3. The fourth-order valence-corrected chi connectivity index (χ4v) is 9.11. The summed E-state index contributed by atoms with van der Waals surface area (Å²) in [4.78, 5) is 10.3. The van der Waals surface area contributed by atoms with E-state index < -0.39 is 0 Å². The molecule has 1 aliphatic carbocycles. The molecule has 10 aromatic rings. The highest BCUT2D eigenvalue weighted by molar-refractivity contribution is 6.15. The zero-order valence-electron chi connectivity index (χ0n) is 31.2. The first kappa shape index (κ1) is 32.3. The molecule has 56 heavy (non-hydrogen) atoms. The summed E-state index contributed by atoms with van der Waals surface area (Å²) < 4.78 is 2.43. The van der Waals surface area contributed by atoms with Gasteiger partial charge in [-0.15, -0.1) is 0 Å². The van der Waals surface area contributed by atoms with Gasteiger partial charge in [0.15, 0.2) is 5.82 Å². The molecular weight excluding hydrogens is 679 g/mol. The first-order chi connectivity index (χ1) is 27.5. The summed E-state index contributed by atoms with van der Waals surface area (Å²) in [6.45, 7) is 4.76. The topological polar surface area (TPSA) is 30.7 Å². The summed E-state index contributed by atoms with van der Waals surface area (Å²) in [5.74, 6) is 0.719. The van der Waals surface area contributed by atoms with Gasteiger partial charge in [-0.25, -0.2) is 9.97 Å². The zero-order valence-corrected chi connectivity index (χ0v) is 31.2. The predicted molar refractivity (Wildman–Crippen MR) is 233 cm³/mol. The van der Waals surface area contributed by atoms with Crippen molar-refractivity contribution in [3.05, 3.63) is 199 Å². The number of benzene rings is 8. The van der Waals surface area contributed by atoms with Crippen LogP contribution in [0.1, 0.15) is 25.0 Å². The average Bonchev–Trinajstić information content (AvgIpc) is 3.71. The van der Waals surface area contributed by atoms with Gasteiger partial charge in [0.25, 0.3) is 0 Å². The third kappa shape index (κ3) is 4.98. The Morgan fingerprint density at radius 1 is 0.429 bits per heavy atom. The Morgan fingerprint density at radius 2 is 1.02 bits per heavy atom. The van der Waals surface area contributed by atoms with E-state index in [1.807, 2.05) is 12.1 Å². The van der Waals surface area contributed by atoms with Gasteiger partial charge in [-0.2, -0.15) is 0 Å². The fraction of sp³-hybridized carbons (Fsp3) is 0.0566. The Morgan fingerprint density at radius 3 is 1.80 bits per heavy atom. The molecule has 0 spiro atoms. The second-order valence-corrected chi connectivity index (χ2v) is 15.4. The minimum atomic E-state index is -0.137. The Kier molecular flexibility index (Phi) is 7.20. The maximum atomic E-state index is 5.20. The predicted octanol–water partition coefficient (Wildman–Crippen LogP) is 13.7. The van der Waals surface area contributed by atoms with Crippen LogP contribution in [0.2, 0.25) is 0 Å². The van der Waals surface area contributed by atoms with Gasteiger partial charge in [-0.1, -0.05) is 166 Å². The largest absolute Gasteiger partial charge is 0.309 e. The molecule has 0 unspecified atom stereocenters. The molecule has 3 heteroatoms. The van der Waals surface area contributed by atoms with E-state index >= 15 is 0 Å². The van der Waals surface area contributed by atoms with Crippen molar-refractivity contribution in [2.24, 2.45) is 0 Å². The van der Waals surface area contributed by atoms with E-state index in [9.17, 15) is 0 Å². The molecule has 0 saturated carbocycles. The third-order valence-electron chi connectivity index (χ3n) is 11.8. The number of nitrogens with zero attached hydrogens (tertiary/aromatic N) is 3. The van der Waals surface area contributed by atoms with Crippen LogP contribution in [0.25, 0.3) is 94.4 Å². The molecule has 0 amide bonds. The molecule has 0 radical (unpaired) electrons. The van der Waals surface area contributed by atoms with Crippen molar-refractivity contribution in [3.8, 4) is 61.7 Å². The minimum Gasteiger partial charge on any atom is -0.309 e. The monoisotopic (exact) mass is 715 g/mol. The summed E-state index contributed by atoms with van der Waals surface area (Å²) in [6.07, 6.45) is 0. The summed E-state index contributed by atoms with van der Waals surface area (Å²) in [6, 6.07) is 67.5. The van der Waals surface area contributed by atoms with Crippen LogP contribution in [0, 0.1) is 0 Å². The highest BCUT2D eigenvalue weighted by Crippen LogP contribution is 2.53. The first-order valence-electron chi connectivity index (χ1n) is 19.3. The van der Waals surface area contributed by atoms with Crippen LogP contribution in [0.5, 0.6) is 0 Å². The lowest BCUT2D eigenvalue weighted by molar-refractivity contribution is 0.666. The summed E-state index contributed by atoms with van der Waals surface area (Å²) in [5.41, 5.74) is 17.6. The quantitative estimate of drug-likeness (QED) is 0.178. The minimum absolute atomic E-state index is 0.137. The van der Waals surface area contributed by atoms with E-state index in [-0.39, 0.29) is 5.41 Å². The number of fused-ring (bicyclic) bond motifs is 8. The smallest absolute Gasteiger partial charge is 0.160 e. The molecule has 0 atom stereocenters. The highest BCUT2D eigenvalue weighted by atomic mass is 15.0. The van der Waals surface area contributed by atoms with Gasteiger partial charge in [0.2, 0.25) is 0 Å². The van der Waals surface area contributed by atoms with Crippen molar-refractivity contribution in [3.63, 3.8) is 0 Å². The van der Waals surface area contributed by atoms with Crippen LogP contribution >= 0.6 is 0 Å². The number of aromatic nitrogens is 3. The lowest BCUT2D eigenvalue weighted by atomic mass is 9.80. The number of hydrogen-bond acceptors (Lipinski definition) is 2. The molecule has 3 nitrogen and oxygen atoms in total. The second kappa shape index (κ2) is 12.5. The molecule has 2 heterocycles.